The number of hydrogen-bond acceptors (Lipinski definition) is 4. The van der Waals surface area contributed by atoms with Gasteiger partial charge in [-0.25, -0.2) is 9.37 Å². The first-order chi connectivity index (χ1) is 13.5. The fourth-order valence-corrected chi connectivity index (χ4v) is 2.88. The summed E-state index contributed by atoms with van der Waals surface area (Å²) in [6.07, 6.45) is 2.53. The molecule has 3 aromatic rings. The van der Waals surface area contributed by atoms with Gasteiger partial charge in [-0.2, -0.15) is 0 Å². The quantitative estimate of drug-likeness (QED) is 0.541. The average Bonchev–Trinajstić information content (AvgIpc) is 2.68. The summed E-state index contributed by atoms with van der Waals surface area (Å²) < 4.78 is 13.1. The minimum Gasteiger partial charge on any atom is -0.505 e. The van der Waals surface area contributed by atoms with Crippen molar-refractivity contribution < 1.29 is 24.2 Å². The number of pyridine rings is 1. The molecule has 0 aliphatic carbocycles. The van der Waals surface area contributed by atoms with Crippen molar-refractivity contribution in [3.63, 3.8) is 0 Å². The second kappa shape index (κ2) is 8.47. The number of carbonyl (C=O) groups excluding carboxylic acids is 1. The lowest BCUT2D eigenvalue weighted by Gasteiger charge is -2.09. The predicted molar refractivity (Wildman–Crippen MR) is 103 cm³/mol. The fourth-order valence-electron chi connectivity index (χ4n) is 2.88. The number of aromatic nitrogens is 1. The number of carbonyl (C=O) groups is 2. The number of aromatic hydroxyl groups is 1. The van der Waals surface area contributed by atoms with Gasteiger partial charge in [0.15, 0.2) is 11.4 Å². The summed E-state index contributed by atoms with van der Waals surface area (Å²) in [6, 6.07) is 11.4. The molecule has 3 rings (SSSR count). The molecule has 0 saturated carbocycles. The first kappa shape index (κ1) is 19.3. The minimum atomic E-state index is -0.875. The number of unbranched alkanes of at least 4 members (excludes halogenated alkanes) is 1. The van der Waals surface area contributed by atoms with Crippen molar-refractivity contribution in [1.29, 1.82) is 0 Å². The molecule has 0 saturated heterocycles. The Bertz CT molecular complexity index is 1020. The monoisotopic (exact) mass is 382 g/mol. The third-order valence-electron chi connectivity index (χ3n) is 4.36. The second-order valence-corrected chi connectivity index (χ2v) is 6.37. The van der Waals surface area contributed by atoms with Crippen LogP contribution in [-0.4, -0.2) is 33.6 Å². The third kappa shape index (κ3) is 4.43. The molecular weight excluding hydrogens is 363 g/mol. The van der Waals surface area contributed by atoms with Gasteiger partial charge in [0.05, 0.1) is 0 Å². The molecule has 7 heteroatoms. The molecule has 0 radical (unpaired) electrons. The van der Waals surface area contributed by atoms with E-state index in [1.165, 1.54) is 18.3 Å². The van der Waals surface area contributed by atoms with Crippen molar-refractivity contribution in [2.24, 2.45) is 0 Å². The van der Waals surface area contributed by atoms with Crippen LogP contribution in [0.3, 0.4) is 0 Å². The van der Waals surface area contributed by atoms with E-state index in [2.05, 4.69) is 10.3 Å². The highest BCUT2D eigenvalue weighted by Gasteiger charge is 2.16. The van der Waals surface area contributed by atoms with Gasteiger partial charge >= 0.3 is 5.97 Å². The Morgan fingerprint density at radius 3 is 2.46 bits per heavy atom. The van der Waals surface area contributed by atoms with Gasteiger partial charge in [-0.3, -0.25) is 9.59 Å². The molecule has 28 heavy (non-hydrogen) atoms. The average molecular weight is 382 g/mol. The number of rotatable bonds is 7. The molecule has 3 N–H and O–H groups in total. The van der Waals surface area contributed by atoms with Gasteiger partial charge in [0.25, 0.3) is 5.91 Å². The van der Waals surface area contributed by atoms with E-state index in [9.17, 15) is 19.1 Å². The molecular formula is C21H19FN2O4. The zero-order valence-corrected chi connectivity index (χ0v) is 15.0. The van der Waals surface area contributed by atoms with E-state index in [-0.39, 0.29) is 23.7 Å². The van der Waals surface area contributed by atoms with Crippen molar-refractivity contribution in [2.75, 3.05) is 6.54 Å². The Kier molecular flexibility index (Phi) is 5.84. The second-order valence-electron chi connectivity index (χ2n) is 6.37. The molecule has 0 bridgehead atoms. The zero-order chi connectivity index (χ0) is 20.1. The van der Waals surface area contributed by atoms with Crippen molar-refractivity contribution in [3.8, 4) is 16.9 Å². The normalized spacial score (nSPS) is 10.8. The van der Waals surface area contributed by atoms with Gasteiger partial charge < -0.3 is 15.5 Å². The summed E-state index contributed by atoms with van der Waals surface area (Å²) in [5.41, 5.74) is 1.58. The molecule has 0 unspecified atom stereocenters. The molecule has 0 spiro atoms. The van der Waals surface area contributed by atoms with Crippen LogP contribution in [0.25, 0.3) is 21.9 Å². The van der Waals surface area contributed by atoms with Crippen LogP contribution in [-0.2, 0) is 4.79 Å². The third-order valence-corrected chi connectivity index (χ3v) is 4.36. The van der Waals surface area contributed by atoms with E-state index in [0.29, 0.717) is 30.2 Å². The number of aliphatic carboxylic acids is 1. The van der Waals surface area contributed by atoms with Crippen molar-refractivity contribution in [2.45, 2.75) is 19.3 Å². The highest BCUT2D eigenvalue weighted by molar-refractivity contribution is 6.02. The highest BCUT2D eigenvalue weighted by atomic mass is 19.1. The molecule has 144 valence electrons. The van der Waals surface area contributed by atoms with Gasteiger partial charge in [-0.15, -0.1) is 0 Å². The Morgan fingerprint density at radius 1 is 1.04 bits per heavy atom. The number of fused-ring (bicyclic) bond motifs is 1. The zero-order valence-electron chi connectivity index (χ0n) is 15.0. The van der Waals surface area contributed by atoms with Crippen LogP contribution in [0.4, 0.5) is 4.39 Å². The van der Waals surface area contributed by atoms with Gasteiger partial charge in [0.1, 0.15) is 5.82 Å². The molecule has 1 heterocycles. The summed E-state index contributed by atoms with van der Waals surface area (Å²) in [6.45, 7) is 0.300. The Hall–Kier alpha value is -3.48. The van der Waals surface area contributed by atoms with Crippen LogP contribution in [0, 0.1) is 5.82 Å². The largest absolute Gasteiger partial charge is 0.505 e. The fraction of sp³-hybridized carbons (Fsp3) is 0.190. The standard InChI is InChI=1S/C21H19FN2O4/c22-16-7-4-13(5-8-16)14-6-9-17-15(11-14)12-24-19(20(17)27)21(28)23-10-2-1-3-18(25)26/h4-9,11-12,27H,1-3,10H2,(H,23,28)(H,25,26). The number of nitrogens with one attached hydrogen (secondary N) is 1. The van der Waals surface area contributed by atoms with Crippen LogP contribution in [0.1, 0.15) is 29.8 Å². The van der Waals surface area contributed by atoms with Crippen LogP contribution in [0.2, 0.25) is 0 Å². The lowest BCUT2D eigenvalue weighted by Crippen LogP contribution is -2.25. The minimum absolute atomic E-state index is 0.0474. The van der Waals surface area contributed by atoms with E-state index in [1.54, 1.807) is 24.3 Å². The van der Waals surface area contributed by atoms with Crippen LogP contribution >= 0.6 is 0 Å². The first-order valence-corrected chi connectivity index (χ1v) is 8.83. The SMILES string of the molecule is O=C(O)CCCCNC(=O)c1ncc2cc(-c3ccc(F)cc3)ccc2c1O. The number of hydrogen-bond donors (Lipinski definition) is 3. The number of carboxylic acid groups (broad SMARTS) is 1. The van der Waals surface area contributed by atoms with Crippen LogP contribution in [0.5, 0.6) is 5.75 Å². The van der Waals surface area contributed by atoms with E-state index in [0.717, 1.165) is 11.1 Å². The highest BCUT2D eigenvalue weighted by Crippen LogP contribution is 2.31. The summed E-state index contributed by atoms with van der Waals surface area (Å²) in [4.78, 5) is 26.8. The van der Waals surface area contributed by atoms with Crippen molar-refractivity contribution >= 4 is 22.6 Å². The van der Waals surface area contributed by atoms with E-state index in [4.69, 9.17) is 5.11 Å². The van der Waals surface area contributed by atoms with Gasteiger partial charge in [0.2, 0.25) is 0 Å². The molecule has 1 amide bonds. The molecule has 0 atom stereocenters. The van der Waals surface area contributed by atoms with Crippen molar-refractivity contribution in [1.82, 2.24) is 10.3 Å². The maximum atomic E-state index is 13.1. The molecule has 2 aromatic carbocycles. The van der Waals surface area contributed by atoms with Gasteiger partial charge in [-0.1, -0.05) is 18.2 Å². The first-order valence-electron chi connectivity index (χ1n) is 8.83. The van der Waals surface area contributed by atoms with E-state index >= 15 is 0 Å². The number of amides is 1. The summed E-state index contributed by atoms with van der Waals surface area (Å²) >= 11 is 0. The lowest BCUT2D eigenvalue weighted by atomic mass is 10.0. The Morgan fingerprint density at radius 2 is 1.75 bits per heavy atom. The van der Waals surface area contributed by atoms with Gasteiger partial charge in [-0.05, 0) is 48.2 Å². The van der Waals surface area contributed by atoms with Crippen LogP contribution < -0.4 is 5.32 Å². The molecule has 0 aliphatic rings. The number of benzene rings is 2. The summed E-state index contributed by atoms with van der Waals surface area (Å²) in [7, 11) is 0. The topological polar surface area (TPSA) is 99.5 Å². The van der Waals surface area contributed by atoms with E-state index < -0.39 is 11.9 Å². The predicted octanol–water partition coefficient (Wildman–Crippen LogP) is 3.73. The molecule has 6 nitrogen and oxygen atoms in total. The van der Waals surface area contributed by atoms with E-state index in [1.807, 2.05) is 6.07 Å². The maximum Gasteiger partial charge on any atom is 0.303 e. The smallest absolute Gasteiger partial charge is 0.303 e. The Labute approximate surface area is 160 Å². The molecule has 0 fully saturated rings. The lowest BCUT2D eigenvalue weighted by molar-refractivity contribution is -0.137. The number of halogens is 1. The Balaban J connectivity index is 1.76. The molecule has 1 aromatic heterocycles. The maximum absolute atomic E-state index is 13.1. The van der Waals surface area contributed by atoms with Gasteiger partial charge in [0, 0.05) is 29.9 Å². The van der Waals surface area contributed by atoms with Crippen LogP contribution in [0.15, 0.2) is 48.7 Å². The number of nitrogens with zero attached hydrogens (tertiary/aromatic N) is 1. The number of carboxylic acids is 1. The summed E-state index contributed by atoms with van der Waals surface area (Å²) in [5.74, 6) is -1.92. The molecule has 0 aliphatic heterocycles. The summed E-state index contributed by atoms with van der Waals surface area (Å²) in [5, 5.41) is 22.8. The van der Waals surface area contributed by atoms with Crippen molar-refractivity contribution in [3.05, 3.63) is 60.2 Å².